The number of aryl methyl sites for hydroxylation is 1. The standard InChI is InChI=1S/C37H47Cl2N5O6S/c1-5-44(24(2)45)37(13-6-7-14-37)15-17-42-18-20-43(21-19-42)30(46)23-28-33(36(48)50-4)34(31-25(38)9-8-10-26(31)39)32(35(47)49-3)27(41-28)11-12-29-40-16-22-51-29/h8-10,16,22,34,41H,5-7,11-15,17-21,23H2,1-4H3. The number of esters is 2. The Labute approximate surface area is 313 Å². The first-order chi connectivity index (χ1) is 24.5. The molecule has 1 saturated carbocycles. The Bertz CT molecular complexity index is 1640. The lowest BCUT2D eigenvalue weighted by Gasteiger charge is -2.43. The molecule has 5 rings (SSSR count). The average molecular weight is 761 g/mol. The third-order valence-corrected chi connectivity index (χ3v) is 11.9. The number of benzene rings is 1. The van der Waals surface area contributed by atoms with Crippen LogP contribution >= 0.6 is 34.5 Å². The van der Waals surface area contributed by atoms with Gasteiger partial charge in [-0.25, -0.2) is 14.6 Å². The highest BCUT2D eigenvalue weighted by atomic mass is 35.5. The Morgan fingerprint density at radius 2 is 1.61 bits per heavy atom. The quantitative estimate of drug-likeness (QED) is 0.256. The number of allylic oxidation sites excluding steroid dienone is 1. The number of halogens is 2. The highest BCUT2D eigenvalue weighted by Crippen LogP contribution is 2.46. The van der Waals surface area contributed by atoms with E-state index in [2.05, 4.69) is 27.0 Å². The number of rotatable bonds is 13. The molecule has 11 nitrogen and oxygen atoms in total. The lowest BCUT2D eigenvalue weighted by Crippen LogP contribution is -2.53. The second-order valence-electron chi connectivity index (χ2n) is 13.2. The number of hydrogen-bond acceptors (Lipinski definition) is 10. The van der Waals surface area contributed by atoms with E-state index in [0.717, 1.165) is 43.7 Å². The van der Waals surface area contributed by atoms with Gasteiger partial charge in [0.2, 0.25) is 11.8 Å². The summed E-state index contributed by atoms with van der Waals surface area (Å²) in [6.45, 7) is 7.73. The zero-order valence-electron chi connectivity index (χ0n) is 29.8. The van der Waals surface area contributed by atoms with Crippen molar-refractivity contribution in [3.05, 3.63) is 72.9 Å². The number of nitrogens with one attached hydrogen (secondary N) is 1. The van der Waals surface area contributed by atoms with Crippen molar-refractivity contribution < 1.29 is 28.7 Å². The maximum atomic E-state index is 14.0. The third-order valence-electron chi connectivity index (χ3n) is 10.5. The summed E-state index contributed by atoms with van der Waals surface area (Å²) in [5.41, 5.74) is 1.31. The fraction of sp³-hybridized carbons (Fsp3) is 0.541. The van der Waals surface area contributed by atoms with Crippen LogP contribution in [0, 0.1) is 0 Å². The van der Waals surface area contributed by atoms with Gasteiger partial charge < -0.3 is 24.6 Å². The van der Waals surface area contributed by atoms with Crippen LogP contribution in [0.15, 0.2) is 52.3 Å². The van der Waals surface area contributed by atoms with Gasteiger partial charge in [-0.2, -0.15) is 0 Å². The second-order valence-corrected chi connectivity index (χ2v) is 15.0. The summed E-state index contributed by atoms with van der Waals surface area (Å²) >= 11 is 15.0. The minimum atomic E-state index is -1.06. The molecule has 2 fully saturated rings. The third kappa shape index (κ3) is 8.62. The maximum absolute atomic E-state index is 14.0. The number of carbonyl (C=O) groups is 4. The number of nitrogens with zero attached hydrogens (tertiary/aromatic N) is 4. The summed E-state index contributed by atoms with van der Waals surface area (Å²) in [7, 11) is 2.53. The van der Waals surface area contributed by atoms with Gasteiger partial charge in [0.1, 0.15) is 0 Å². The van der Waals surface area contributed by atoms with Crippen LogP contribution in [-0.2, 0) is 35.1 Å². The average Bonchev–Trinajstić information content (AvgIpc) is 3.83. The summed E-state index contributed by atoms with van der Waals surface area (Å²) in [6, 6.07) is 4.97. The molecule has 0 radical (unpaired) electrons. The zero-order valence-corrected chi connectivity index (χ0v) is 32.1. The Hall–Kier alpha value is -3.45. The fourth-order valence-corrected chi connectivity index (χ4v) is 9.20. The van der Waals surface area contributed by atoms with E-state index in [4.69, 9.17) is 32.7 Å². The zero-order chi connectivity index (χ0) is 36.7. The molecular weight excluding hydrogens is 713 g/mol. The molecule has 3 aliphatic rings. The normalized spacial score (nSPS) is 19.2. The summed E-state index contributed by atoms with van der Waals surface area (Å²) < 4.78 is 10.5. The maximum Gasteiger partial charge on any atom is 0.336 e. The van der Waals surface area contributed by atoms with Gasteiger partial charge in [-0.1, -0.05) is 42.1 Å². The molecule has 1 aromatic carbocycles. The van der Waals surface area contributed by atoms with Crippen molar-refractivity contribution >= 4 is 58.3 Å². The van der Waals surface area contributed by atoms with Crippen molar-refractivity contribution in [2.75, 3.05) is 53.5 Å². The Kier molecular flexibility index (Phi) is 13.2. The minimum Gasteiger partial charge on any atom is -0.466 e. The van der Waals surface area contributed by atoms with Crippen LogP contribution in [0.3, 0.4) is 0 Å². The number of dihydropyridines is 1. The molecule has 1 aromatic heterocycles. The summed E-state index contributed by atoms with van der Waals surface area (Å²) in [5, 5.41) is 6.55. The minimum absolute atomic E-state index is 0.0747. The predicted octanol–water partition coefficient (Wildman–Crippen LogP) is 5.73. The van der Waals surface area contributed by atoms with E-state index in [1.54, 1.807) is 31.3 Å². The number of hydrogen-bond donors (Lipinski definition) is 1. The van der Waals surface area contributed by atoms with Crippen LogP contribution in [0.4, 0.5) is 0 Å². The molecule has 1 unspecified atom stereocenters. The Balaban J connectivity index is 1.40. The molecule has 2 aromatic rings. The van der Waals surface area contributed by atoms with Crippen molar-refractivity contribution in [2.45, 2.75) is 76.7 Å². The van der Waals surface area contributed by atoms with Crippen molar-refractivity contribution in [3.8, 4) is 0 Å². The first-order valence-electron chi connectivity index (χ1n) is 17.5. The Morgan fingerprint density at radius 1 is 0.980 bits per heavy atom. The highest BCUT2D eigenvalue weighted by molar-refractivity contribution is 7.09. The smallest absolute Gasteiger partial charge is 0.336 e. The largest absolute Gasteiger partial charge is 0.466 e. The van der Waals surface area contributed by atoms with Crippen molar-refractivity contribution in [1.82, 2.24) is 25.0 Å². The molecule has 276 valence electrons. The summed E-state index contributed by atoms with van der Waals surface area (Å²) in [4.78, 5) is 64.4. The van der Waals surface area contributed by atoms with Gasteiger partial charge >= 0.3 is 11.9 Å². The molecule has 51 heavy (non-hydrogen) atoms. The molecule has 0 bridgehead atoms. The van der Waals surface area contributed by atoms with Gasteiger partial charge in [-0.3, -0.25) is 14.5 Å². The number of aromatic nitrogens is 1. The van der Waals surface area contributed by atoms with Crippen LogP contribution in [0.2, 0.25) is 10.0 Å². The van der Waals surface area contributed by atoms with E-state index < -0.39 is 17.9 Å². The molecule has 2 amide bonds. The van der Waals surface area contributed by atoms with Crippen molar-refractivity contribution in [1.29, 1.82) is 0 Å². The van der Waals surface area contributed by atoms with E-state index in [1.165, 1.54) is 25.6 Å². The van der Waals surface area contributed by atoms with Crippen LogP contribution < -0.4 is 5.32 Å². The van der Waals surface area contributed by atoms with Gasteiger partial charge in [0.15, 0.2) is 0 Å². The van der Waals surface area contributed by atoms with Crippen LogP contribution in [-0.4, -0.2) is 102 Å². The van der Waals surface area contributed by atoms with Crippen molar-refractivity contribution in [2.24, 2.45) is 0 Å². The van der Waals surface area contributed by atoms with Gasteiger partial charge in [0.25, 0.3) is 0 Å². The Morgan fingerprint density at radius 3 is 2.16 bits per heavy atom. The molecule has 3 heterocycles. The van der Waals surface area contributed by atoms with Crippen molar-refractivity contribution in [3.63, 3.8) is 0 Å². The molecule has 1 atom stereocenters. The molecular formula is C37H47Cl2N5O6S. The molecule has 2 aliphatic heterocycles. The van der Waals surface area contributed by atoms with E-state index >= 15 is 0 Å². The first-order valence-corrected chi connectivity index (χ1v) is 19.2. The van der Waals surface area contributed by atoms with E-state index in [1.807, 2.05) is 10.3 Å². The molecule has 14 heteroatoms. The molecule has 1 N–H and O–H groups in total. The molecule has 0 spiro atoms. The molecule has 1 saturated heterocycles. The SMILES string of the molecule is CCN(C(C)=O)C1(CCN2CCN(C(=O)CC3=C(C(=O)OC)C(c4c(Cl)cccc4Cl)C(C(=O)OC)=C(CCc4nccs4)N3)CC2)CCCC1. The summed E-state index contributed by atoms with van der Waals surface area (Å²) in [6.07, 6.45) is 7.68. The number of carbonyl (C=O) groups excluding carboxylic acids is 4. The molecule has 1 aliphatic carbocycles. The number of ether oxygens (including phenoxy) is 2. The van der Waals surface area contributed by atoms with E-state index in [9.17, 15) is 19.2 Å². The first kappa shape index (κ1) is 38.8. The van der Waals surface area contributed by atoms with Gasteiger partial charge in [0, 0.05) is 96.7 Å². The number of methoxy groups -OCH3 is 2. The van der Waals surface area contributed by atoms with E-state index in [-0.39, 0.29) is 45.0 Å². The highest BCUT2D eigenvalue weighted by Gasteiger charge is 2.43. The van der Waals surface area contributed by atoms with Gasteiger partial charge in [-0.15, -0.1) is 11.3 Å². The second kappa shape index (κ2) is 17.4. The van der Waals surface area contributed by atoms with Crippen LogP contribution in [0.5, 0.6) is 0 Å². The predicted molar refractivity (Wildman–Crippen MR) is 197 cm³/mol. The van der Waals surface area contributed by atoms with Crippen LogP contribution in [0.1, 0.15) is 75.3 Å². The van der Waals surface area contributed by atoms with Gasteiger partial charge in [-0.05, 0) is 44.7 Å². The lowest BCUT2D eigenvalue weighted by molar-refractivity contribution is -0.138. The van der Waals surface area contributed by atoms with E-state index in [0.29, 0.717) is 62.5 Å². The number of piperazine rings is 1. The monoisotopic (exact) mass is 759 g/mol. The van der Waals surface area contributed by atoms with Crippen LogP contribution in [0.25, 0.3) is 0 Å². The lowest BCUT2D eigenvalue weighted by atomic mass is 9.78. The summed E-state index contributed by atoms with van der Waals surface area (Å²) in [5.74, 6) is -2.47. The number of amides is 2. The topological polar surface area (TPSA) is 121 Å². The number of thiazole rings is 1. The van der Waals surface area contributed by atoms with Gasteiger partial charge in [0.05, 0.1) is 42.7 Å². The fourth-order valence-electron chi connectivity index (χ4n) is 7.96.